The lowest BCUT2D eigenvalue weighted by Crippen LogP contribution is -2.41. The fraction of sp³-hybridized carbons (Fsp3) is 0.625. The summed E-state index contributed by atoms with van der Waals surface area (Å²) in [6, 6.07) is 5.38. The van der Waals surface area contributed by atoms with Gasteiger partial charge in [0.1, 0.15) is 12.3 Å². The second kappa shape index (κ2) is 5.08. The molecule has 1 aliphatic heterocycles. The van der Waals surface area contributed by atoms with Gasteiger partial charge in [-0.05, 0) is 52.6 Å². The molecule has 1 atom stereocenters. The molecule has 0 radical (unpaired) electrons. The van der Waals surface area contributed by atoms with Crippen LogP contribution >= 0.6 is 0 Å². The third kappa shape index (κ3) is 2.87. The van der Waals surface area contributed by atoms with Crippen LogP contribution in [0.1, 0.15) is 45.7 Å². The second-order valence-electron chi connectivity index (χ2n) is 7.07. The number of benzene rings is 1. The van der Waals surface area contributed by atoms with Gasteiger partial charge in [-0.15, -0.1) is 0 Å². The first-order chi connectivity index (χ1) is 9.50. The Kier molecular flexibility index (Phi) is 3.98. The Hall–Kier alpha value is -0.905. The third-order valence-corrected chi connectivity index (χ3v) is 4.67. The first-order valence-corrected chi connectivity index (χ1v) is 7.25. The Morgan fingerprint density at radius 2 is 1.71 bits per heavy atom. The largest absolute Gasteiger partial charge is 0.495 e. The predicted octanol–water partition coefficient (Wildman–Crippen LogP) is 2.47. The number of alkyl halides is 1. The molecule has 0 aromatic heterocycles. The first-order valence-electron chi connectivity index (χ1n) is 7.25. The molecule has 1 heterocycles. The minimum absolute atomic E-state index is 0.428. The zero-order valence-corrected chi connectivity index (χ0v) is 13.7. The summed E-state index contributed by atoms with van der Waals surface area (Å²) < 4.78 is 25.1. The van der Waals surface area contributed by atoms with Gasteiger partial charge in [-0.25, -0.2) is 4.39 Å². The van der Waals surface area contributed by atoms with E-state index in [9.17, 15) is 9.50 Å². The summed E-state index contributed by atoms with van der Waals surface area (Å²) in [5.74, 6) is 0. The predicted molar refractivity (Wildman–Crippen MR) is 82.4 cm³/mol. The van der Waals surface area contributed by atoms with E-state index in [4.69, 9.17) is 9.31 Å². The van der Waals surface area contributed by atoms with Crippen LogP contribution in [0.2, 0.25) is 0 Å². The van der Waals surface area contributed by atoms with Crippen molar-refractivity contribution in [2.75, 3.05) is 6.67 Å². The Balaban J connectivity index is 2.40. The quantitative estimate of drug-likeness (QED) is 0.870. The van der Waals surface area contributed by atoms with Crippen molar-refractivity contribution in [3.05, 3.63) is 29.3 Å². The van der Waals surface area contributed by atoms with Gasteiger partial charge in [-0.2, -0.15) is 0 Å². The molecule has 1 aromatic rings. The van der Waals surface area contributed by atoms with Crippen molar-refractivity contribution >= 4 is 12.6 Å². The van der Waals surface area contributed by atoms with Gasteiger partial charge in [0.05, 0.1) is 11.2 Å². The van der Waals surface area contributed by atoms with Crippen LogP contribution in [0.25, 0.3) is 0 Å². The molecule has 1 aromatic carbocycles. The maximum Gasteiger partial charge on any atom is 0.495 e. The molecule has 1 fully saturated rings. The number of rotatable bonds is 3. The van der Waals surface area contributed by atoms with E-state index in [-0.39, 0.29) is 0 Å². The summed E-state index contributed by atoms with van der Waals surface area (Å²) in [5.41, 5.74) is 0.00412. The van der Waals surface area contributed by atoms with Crippen molar-refractivity contribution in [1.82, 2.24) is 0 Å². The molecule has 5 heteroatoms. The first kappa shape index (κ1) is 16.5. The van der Waals surface area contributed by atoms with Crippen LogP contribution in [0.5, 0.6) is 0 Å². The van der Waals surface area contributed by atoms with Crippen molar-refractivity contribution in [3.8, 4) is 0 Å². The molecular weight excluding hydrogens is 270 g/mol. The molecule has 1 saturated heterocycles. The van der Waals surface area contributed by atoms with E-state index in [1.807, 2.05) is 40.7 Å². The lowest BCUT2D eigenvalue weighted by molar-refractivity contribution is 0.00578. The molecular formula is C16H24BFO3. The number of hydrogen-bond acceptors (Lipinski definition) is 3. The molecule has 3 nitrogen and oxygen atoms in total. The van der Waals surface area contributed by atoms with Gasteiger partial charge < -0.3 is 14.4 Å². The number of hydrogen-bond donors (Lipinski definition) is 1. The number of aryl methyl sites for hydroxylation is 1. The monoisotopic (exact) mass is 294 g/mol. The molecule has 21 heavy (non-hydrogen) atoms. The molecule has 0 aliphatic carbocycles. The van der Waals surface area contributed by atoms with E-state index in [2.05, 4.69) is 0 Å². The maximum absolute atomic E-state index is 13.0. The van der Waals surface area contributed by atoms with Crippen LogP contribution in [0.3, 0.4) is 0 Å². The Morgan fingerprint density at radius 3 is 2.19 bits per heavy atom. The third-order valence-electron chi connectivity index (χ3n) is 4.67. The average Bonchev–Trinajstić information content (AvgIpc) is 2.58. The normalized spacial score (nSPS) is 23.1. The highest BCUT2D eigenvalue weighted by molar-refractivity contribution is 6.62. The Bertz CT molecular complexity index is 524. The maximum atomic E-state index is 13.0. The molecule has 0 saturated carbocycles. The second-order valence-corrected chi connectivity index (χ2v) is 7.07. The number of aliphatic hydroxyl groups is 1. The van der Waals surface area contributed by atoms with Crippen molar-refractivity contribution in [2.45, 2.75) is 58.3 Å². The van der Waals surface area contributed by atoms with Crippen molar-refractivity contribution in [1.29, 1.82) is 0 Å². The molecule has 2 rings (SSSR count). The van der Waals surface area contributed by atoms with E-state index >= 15 is 0 Å². The standard InChI is InChI=1S/C16H24BFO3/c1-11-7-8-12(16(6,19)10-18)9-13(11)17-20-14(2,3)15(4,5)21-17/h7-9,19H,10H2,1-6H3. The van der Waals surface area contributed by atoms with Gasteiger partial charge in [0.15, 0.2) is 0 Å². The van der Waals surface area contributed by atoms with Gasteiger partial charge >= 0.3 is 7.12 Å². The van der Waals surface area contributed by atoms with Gasteiger partial charge in [0, 0.05) is 0 Å². The van der Waals surface area contributed by atoms with Crippen molar-refractivity contribution < 1.29 is 18.8 Å². The fourth-order valence-electron chi connectivity index (χ4n) is 2.28. The molecule has 0 amide bonds. The summed E-state index contributed by atoms with van der Waals surface area (Å²) in [4.78, 5) is 0. The van der Waals surface area contributed by atoms with Crippen molar-refractivity contribution in [3.63, 3.8) is 0 Å². The van der Waals surface area contributed by atoms with E-state index in [1.165, 1.54) is 6.92 Å². The lowest BCUT2D eigenvalue weighted by atomic mass is 9.74. The Morgan fingerprint density at radius 1 is 1.19 bits per heavy atom. The van der Waals surface area contributed by atoms with Crippen LogP contribution in [-0.4, -0.2) is 30.1 Å². The molecule has 0 spiro atoms. The van der Waals surface area contributed by atoms with Crippen molar-refractivity contribution in [2.24, 2.45) is 0 Å². The van der Waals surface area contributed by atoms with Gasteiger partial charge in [-0.3, -0.25) is 0 Å². The van der Waals surface area contributed by atoms with Gasteiger partial charge in [0.2, 0.25) is 0 Å². The van der Waals surface area contributed by atoms with E-state index in [0.29, 0.717) is 5.56 Å². The summed E-state index contributed by atoms with van der Waals surface area (Å²) in [7, 11) is -0.509. The summed E-state index contributed by atoms with van der Waals surface area (Å²) in [5, 5.41) is 10.1. The van der Waals surface area contributed by atoms with E-state index in [0.717, 1.165) is 11.0 Å². The summed E-state index contributed by atoms with van der Waals surface area (Å²) in [6.07, 6.45) is 0. The SMILES string of the molecule is Cc1ccc(C(C)(O)CF)cc1B1OC(C)(C)C(C)(C)O1. The summed E-state index contributed by atoms with van der Waals surface area (Å²) in [6.45, 7) is 10.5. The minimum Gasteiger partial charge on any atom is -0.399 e. The van der Waals surface area contributed by atoms with Crippen LogP contribution < -0.4 is 5.46 Å². The number of halogens is 1. The zero-order valence-electron chi connectivity index (χ0n) is 13.7. The average molecular weight is 294 g/mol. The molecule has 0 bridgehead atoms. The van der Waals surface area contributed by atoms with Crippen LogP contribution in [0.15, 0.2) is 18.2 Å². The fourth-order valence-corrected chi connectivity index (χ4v) is 2.28. The molecule has 116 valence electrons. The van der Waals surface area contributed by atoms with Gasteiger partial charge in [-0.1, -0.05) is 23.8 Å². The van der Waals surface area contributed by atoms with Crippen LogP contribution in [0.4, 0.5) is 4.39 Å². The van der Waals surface area contributed by atoms with Crippen LogP contribution in [0, 0.1) is 6.92 Å². The Labute approximate surface area is 126 Å². The summed E-state index contributed by atoms with van der Waals surface area (Å²) >= 11 is 0. The smallest absolute Gasteiger partial charge is 0.399 e. The molecule has 1 aliphatic rings. The van der Waals surface area contributed by atoms with E-state index < -0.39 is 30.6 Å². The minimum atomic E-state index is -1.49. The van der Waals surface area contributed by atoms with E-state index in [1.54, 1.807) is 12.1 Å². The highest BCUT2D eigenvalue weighted by Gasteiger charge is 2.52. The highest BCUT2D eigenvalue weighted by Crippen LogP contribution is 2.37. The lowest BCUT2D eigenvalue weighted by Gasteiger charge is -2.32. The molecule has 1 N–H and O–H groups in total. The highest BCUT2D eigenvalue weighted by atomic mass is 19.1. The van der Waals surface area contributed by atoms with Gasteiger partial charge in [0.25, 0.3) is 0 Å². The zero-order chi connectivity index (χ0) is 16.1. The topological polar surface area (TPSA) is 38.7 Å². The van der Waals surface area contributed by atoms with Crippen LogP contribution in [-0.2, 0) is 14.9 Å². The molecule has 1 unspecified atom stereocenters.